The van der Waals surface area contributed by atoms with Crippen molar-refractivity contribution in [1.82, 2.24) is 9.88 Å². The molecule has 0 aromatic carbocycles. The highest BCUT2D eigenvalue weighted by atomic mass is 79.9. The quantitative estimate of drug-likeness (QED) is 0.852. The molecule has 0 aliphatic heterocycles. The number of hydrogen-bond donors (Lipinski definition) is 2. The molecule has 2 N–H and O–H groups in total. The van der Waals surface area contributed by atoms with E-state index in [4.69, 9.17) is 0 Å². The summed E-state index contributed by atoms with van der Waals surface area (Å²) >= 11 is 3.24. The normalized spacial score (nSPS) is 24.8. The molecule has 1 aliphatic rings. The second kappa shape index (κ2) is 6.01. The highest BCUT2D eigenvalue weighted by molar-refractivity contribution is 9.10. The molecule has 1 fully saturated rings. The van der Waals surface area contributed by atoms with Crippen molar-refractivity contribution in [2.45, 2.75) is 38.8 Å². The van der Waals surface area contributed by atoms with Crippen LogP contribution in [-0.4, -0.2) is 27.6 Å². The largest absolute Gasteiger partial charge is 0.481 e. The van der Waals surface area contributed by atoms with Gasteiger partial charge in [-0.3, -0.25) is 14.4 Å². The van der Waals surface area contributed by atoms with Gasteiger partial charge in [-0.25, -0.2) is 0 Å². The molecule has 1 aliphatic carbocycles. The van der Waals surface area contributed by atoms with E-state index < -0.39 is 17.4 Å². The fourth-order valence-electron chi connectivity index (χ4n) is 2.67. The third-order valence-electron chi connectivity index (χ3n) is 4.04. The van der Waals surface area contributed by atoms with Gasteiger partial charge in [0.05, 0.1) is 5.41 Å². The Labute approximate surface area is 130 Å². The first-order valence-corrected chi connectivity index (χ1v) is 7.51. The Kier molecular flexibility index (Phi) is 4.51. The van der Waals surface area contributed by atoms with Crippen LogP contribution in [0.2, 0.25) is 0 Å². The van der Waals surface area contributed by atoms with Gasteiger partial charge < -0.3 is 15.0 Å². The number of rotatable bonds is 4. The number of nitrogens with zero attached hydrogens (tertiary/aromatic N) is 1. The van der Waals surface area contributed by atoms with Gasteiger partial charge in [-0.1, -0.05) is 6.42 Å². The summed E-state index contributed by atoms with van der Waals surface area (Å²) in [5.41, 5.74) is -1.21. The molecule has 2 rings (SSSR count). The van der Waals surface area contributed by atoms with Crippen molar-refractivity contribution in [3.8, 4) is 0 Å². The summed E-state index contributed by atoms with van der Waals surface area (Å²) in [6.45, 7) is 1.53. The molecule has 7 heteroatoms. The predicted octanol–water partition coefficient (Wildman–Crippen LogP) is 1.37. The number of nitrogens with one attached hydrogen (secondary N) is 1. The van der Waals surface area contributed by atoms with Crippen LogP contribution in [0.5, 0.6) is 0 Å². The Bertz CT molecular complexity index is 628. The van der Waals surface area contributed by atoms with Crippen molar-refractivity contribution < 1.29 is 14.7 Å². The molecule has 6 nitrogen and oxygen atoms in total. The van der Waals surface area contributed by atoms with Crippen molar-refractivity contribution in [2.24, 2.45) is 5.41 Å². The molecule has 1 amide bonds. The van der Waals surface area contributed by atoms with Gasteiger partial charge in [0, 0.05) is 22.8 Å². The summed E-state index contributed by atoms with van der Waals surface area (Å²) in [5, 5.41) is 12.1. The minimum Gasteiger partial charge on any atom is -0.481 e. The van der Waals surface area contributed by atoms with Gasteiger partial charge in [0.2, 0.25) is 5.91 Å². The number of pyridine rings is 1. The fraction of sp³-hybridized carbons (Fsp3) is 0.500. The topological polar surface area (TPSA) is 88.4 Å². The maximum absolute atomic E-state index is 12.1. The number of aliphatic carboxylic acids is 1. The van der Waals surface area contributed by atoms with Crippen LogP contribution in [-0.2, 0) is 16.1 Å². The number of carboxylic acid groups (broad SMARTS) is 1. The van der Waals surface area contributed by atoms with Gasteiger partial charge in [-0.05, 0) is 41.8 Å². The van der Waals surface area contributed by atoms with E-state index in [9.17, 15) is 19.5 Å². The van der Waals surface area contributed by atoms with Crippen LogP contribution in [0.4, 0.5) is 0 Å². The molecule has 21 heavy (non-hydrogen) atoms. The summed E-state index contributed by atoms with van der Waals surface area (Å²) in [6, 6.07) is 2.58. The van der Waals surface area contributed by atoms with Crippen LogP contribution < -0.4 is 10.9 Å². The lowest BCUT2D eigenvalue weighted by Crippen LogP contribution is -2.48. The van der Waals surface area contributed by atoms with E-state index in [0.717, 1.165) is 6.42 Å². The van der Waals surface area contributed by atoms with Gasteiger partial charge in [0.1, 0.15) is 6.54 Å². The number of hydrogen-bond acceptors (Lipinski definition) is 3. The first-order valence-electron chi connectivity index (χ1n) is 6.72. The molecule has 2 atom stereocenters. The molecule has 0 radical (unpaired) electrons. The Balaban J connectivity index is 2.07. The highest BCUT2D eigenvalue weighted by Gasteiger charge is 2.45. The molecule has 1 aromatic rings. The number of carbonyl (C=O) groups excluding carboxylic acids is 1. The molecule has 2 unspecified atom stereocenters. The van der Waals surface area contributed by atoms with E-state index in [-0.39, 0.29) is 18.0 Å². The number of halogens is 1. The highest BCUT2D eigenvalue weighted by Crippen LogP contribution is 2.38. The smallest absolute Gasteiger partial charge is 0.311 e. The van der Waals surface area contributed by atoms with E-state index in [2.05, 4.69) is 21.2 Å². The summed E-state index contributed by atoms with van der Waals surface area (Å²) in [4.78, 5) is 35.1. The van der Waals surface area contributed by atoms with Crippen molar-refractivity contribution in [3.05, 3.63) is 33.2 Å². The molecular weight excluding hydrogens is 340 g/mol. The monoisotopic (exact) mass is 356 g/mol. The lowest BCUT2D eigenvalue weighted by atomic mass is 9.85. The van der Waals surface area contributed by atoms with Crippen LogP contribution in [0.15, 0.2) is 27.6 Å². The fourth-order valence-corrected chi connectivity index (χ4v) is 3.05. The van der Waals surface area contributed by atoms with Crippen LogP contribution in [0.3, 0.4) is 0 Å². The van der Waals surface area contributed by atoms with Crippen molar-refractivity contribution in [2.75, 3.05) is 0 Å². The maximum atomic E-state index is 12.1. The van der Waals surface area contributed by atoms with E-state index in [1.165, 1.54) is 16.8 Å². The first kappa shape index (κ1) is 15.8. The standard InChI is InChI=1S/C14H17BrN2O4/c1-14(13(20)21)6-2-3-10(14)16-11(18)8-17-7-9(15)4-5-12(17)19/h4-5,7,10H,2-3,6,8H2,1H3,(H,16,18)(H,20,21). The van der Waals surface area contributed by atoms with Crippen molar-refractivity contribution in [1.29, 1.82) is 0 Å². The third kappa shape index (κ3) is 3.34. The SMILES string of the molecule is CC1(C(=O)O)CCCC1NC(=O)Cn1cc(Br)ccc1=O. The van der Waals surface area contributed by atoms with Crippen molar-refractivity contribution in [3.63, 3.8) is 0 Å². The van der Waals surface area contributed by atoms with Crippen LogP contribution in [0, 0.1) is 5.41 Å². The lowest BCUT2D eigenvalue weighted by Gasteiger charge is -2.27. The zero-order valence-electron chi connectivity index (χ0n) is 11.6. The van der Waals surface area contributed by atoms with Crippen LogP contribution >= 0.6 is 15.9 Å². The average molecular weight is 357 g/mol. The second-order valence-corrected chi connectivity index (χ2v) is 6.46. The lowest BCUT2D eigenvalue weighted by molar-refractivity contribution is -0.149. The molecule has 1 saturated carbocycles. The number of amides is 1. The molecular formula is C14H17BrN2O4. The number of carbonyl (C=O) groups is 2. The van der Waals surface area contributed by atoms with E-state index in [1.807, 2.05) is 0 Å². The van der Waals surface area contributed by atoms with Gasteiger partial charge >= 0.3 is 5.97 Å². The van der Waals surface area contributed by atoms with E-state index in [1.54, 1.807) is 13.0 Å². The zero-order valence-corrected chi connectivity index (χ0v) is 13.2. The van der Waals surface area contributed by atoms with Gasteiger partial charge in [0.25, 0.3) is 5.56 Å². The Morgan fingerprint density at radius 2 is 2.24 bits per heavy atom. The Morgan fingerprint density at radius 1 is 1.52 bits per heavy atom. The second-order valence-electron chi connectivity index (χ2n) is 5.55. The van der Waals surface area contributed by atoms with Gasteiger partial charge in [0.15, 0.2) is 0 Å². The molecule has 0 saturated heterocycles. The van der Waals surface area contributed by atoms with Crippen LogP contribution in [0.25, 0.3) is 0 Å². The Hall–Kier alpha value is -1.63. The first-order chi connectivity index (χ1) is 9.83. The third-order valence-corrected chi connectivity index (χ3v) is 4.51. The van der Waals surface area contributed by atoms with Gasteiger partial charge in [-0.2, -0.15) is 0 Å². The maximum Gasteiger partial charge on any atom is 0.311 e. The summed E-state index contributed by atoms with van der Waals surface area (Å²) < 4.78 is 1.98. The predicted molar refractivity (Wildman–Crippen MR) is 79.9 cm³/mol. The molecule has 1 aromatic heterocycles. The summed E-state index contributed by atoms with van der Waals surface area (Å²) in [7, 11) is 0. The zero-order chi connectivity index (χ0) is 15.6. The molecule has 114 valence electrons. The minimum absolute atomic E-state index is 0.121. The minimum atomic E-state index is -0.933. The summed E-state index contributed by atoms with van der Waals surface area (Å²) in [6.07, 6.45) is 3.49. The number of aromatic nitrogens is 1. The van der Waals surface area contributed by atoms with E-state index >= 15 is 0 Å². The molecule has 0 bridgehead atoms. The Morgan fingerprint density at radius 3 is 2.90 bits per heavy atom. The number of carboxylic acids is 1. The molecule has 0 spiro atoms. The van der Waals surface area contributed by atoms with Crippen LogP contribution in [0.1, 0.15) is 26.2 Å². The average Bonchev–Trinajstić information content (AvgIpc) is 2.77. The van der Waals surface area contributed by atoms with E-state index in [0.29, 0.717) is 17.3 Å². The summed E-state index contributed by atoms with van der Waals surface area (Å²) in [5.74, 6) is -1.25. The molecule has 1 heterocycles. The van der Waals surface area contributed by atoms with Gasteiger partial charge in [-0.15, -0.1) is 0 Å². The van der Waals surface area contributed by atoms with Crippen molar-refractivity contribution >= 4 is 27.8 Å².